The molecule has 1 fully saturated rings. The van der Waals surface area contributed by atoms with Gasteiger partial charge in [-0.25, -0.2) is 0 Å². The van der Waals surface area contributed by atoms with Crippen LogP contribution in [0.5, 0.6) is 0 Å². The smallest absolute Gasteiger partial charge is 0.232 e. The Labute approximate surface area is 102 Å². The Bertz CT molecular complexity index is 424. The Morgan fingerprint density at radius 2 is 2.18 bits per heavy atom. The van der Waals surface area contributed by atoms with Crippen LogP contribution < -0.4 is 10.6 Å². The second kappa shape index (κ2) is 4.49. The molecule has 17 heavy (non-hydrogen) atoms. The van der Waals surface area contributed by atoms with Gasteiger partial charge >= 0.3 is 0 Å². The quantitative estimate of drug-likeness (QED) is 0.817. The fraction of sp³-hybridized carbons (Fsp3) is 0.500. The molecule has 3 nitrogen and oxygen atoms in total. The summed E-state index contributed by atoms with van der Waals surface area (Å²) in [6.45, 7) is 2.19. The van der Waals surface area contributed by atoms with Crippen molar-refractivity contribution in [3.8, 4) is 0 Å². The van der Waals surface area contributed by atoms with Crippen LogP contribution in [-0.2, 0) is 4.79 Å². The predicted molar refractivity (Wildman–Crippen MR) is 68.0 cm³/mol. The maximum Gasteiger partial charge on any atom is 0.232 e. The molecular weight excluding hydrogens is 212 g/mol. The van der Waals surface area contributed by atoms with Crippen LogP contribution in [0.3, 0.4) is 0 Å². The molecule has 0 bridgehead atoms. The van der Waals surface area contributed by atoms with Gasteiger partial charge in [0.25, 0.3) is 0 Å². The number of amides is 1. The maximum absolute atomic E-state index is 12.0. The lowest BCUT2D eigenvalue weighted by atomic mass is 9.86. The topological polar surface area (TPSA) is 41.1 Å². The lowest BCUT2D eigenvalue weighted by molar-refractivity contribution is -0.117. The molecule has 0 aromatic heterocycles. The Hall–Kier alpha value is -1.35. The number of para-hydroxylation sites is 1. The average molecular weight is 230 g/mol. The normalized spacial score (nSPS) is 27.6. The average Bonchev–Trinajstić information content (AvgIpc) is 2.68. The van der Waals surface area contributed by atoms with Gasteiger partial charge in [-0.15, -0.1) is 0 Å². The summed E-state index contributed by atoms with van der Waals surface area (Å²) in [5.74, 6) is 0.888. The summed E-state index contributed by atoms with van der Waals surface area (Å²) in [4.78, 5) is 12.0. The SMILES string of the molecule is O=C1Nc2ccccc2[C@@H]1C[C@H]1CCCNC1. The van der Waals surface area contributed by atoms with Crippen molar-refractivity contribution in [2.75, 3.05) is 18.4 Å². The van der Waals surface area contributed by atoms with Crippen molar-refractivity contribution in [2.45, 2.75) is 25.2 Å². The number of hydrogen-bond acceptors (Lipinski definition) is 2. The summed E-state index contributed by atoms with van der Waals surface area (Å²) < 4.78 is 0. The molecule has 0 radical (unpaired) electrons. The van der Waals surface area contributed by atoms with Crippen molar-refractivity contribution in [2.24, 2.45) is 5.92 Å². The minimum atomic E-state index is 0.0658. The molecular formula is C14H18N2O. The van der Waals surface area contributed by atoms with E-state index in [1.807, 2.05) is 18.2 Å². The van der Waals surface area contributed by atoms with Crippen LogP contribution in [0.1, 0.15) is 30.7 Å². The number of carbonyl (C=O) groups is 1. The van der Waals surface area contributed by atoms with Crippen molar-refractivity contribution in [1.82, 2.24) is 5.32 Å². The first-order valence-electron chi connectivity index (χ1n) is 6.45. The predicted octanol–water partition coefficient (Wildman–Crippen LogP) is 2.11. The van der Waals surface area contributed by atoms with Crippen LogP contribution in [0.15, 0.2) is 24.3 Å². The summed E-state index contributed by atoms with van der Waals surface area (Å²) in [6.07, 6.45) is 3.47. The molecule has 1 aromatic rings. The molecule has 0 aliphatic carbocycles. The molecule has 1 saturated heterocycles. The van der Waals surface area contributed by atoms with E-state index in [0.717, 1.165) is 25.2 Å². The molecule has 2 aliphatic heterocycles. The van der Waals surface area contributed by atoms with Gasteiger partial charge in [0.1, 0.15) is 0 Å². The summed E-state index contributed by atoms with van der Waals surface area (Å²) in [5, 5.41) is 6.39. The zero-order valence-electron chi connectivity index (χ0n) is 9.91. The first-order valence-corrected chi connectivity index (χ1v) is 6.45. The first-order chi connectivity index (χ1) is 8.34. The number of nitrogens with one attached hydrogen (secondary N) is 2. The van der Waals surface area contributed by atoms with E-state index in [-0.39, 0.29) is 11.8 Å². The maximum atomic E-state index is 12.0. The second-order valence-electron chi connectivity index (χ2n) is 5.08. The number of rotatable bonds is 2. The summed E-state index contributed by atoms with van der Waals surface area (Å²) in [5.41, 5.74) is 2.19. The van der Waals surface area contributed by atoms with E-state index in [2.05, 4.69) is 16.7 Å². The molecule has 2 heterocycles. The van der Waals surface area contributed by atoms with E-state index >= 15 is 0 Å². The minimum Gasteiger partial charge on any atom is -0.325 e. The number of carbonyl (C=O) groups excluding carboxylic acids is 1. The van der Waals surface area contributed by atoms with Gasteiger partial charge in [-0.05, 0) is 49.9 Å². The van der Waals surface area contributed by atoms with Gasteiger partial charge in [0, 0.05) is 5.69 Å². The van der Waals surface area contributed by atoms with Crippen molar-refractivity contribution >= 4 is 11.6 Å². The molecule has 2 atom stereocenters. The monoisotopic (exact) mass is 230 g/mol. The summed E-state index contributed by atoms with van der Waals surface area (Å²) >= 11 is 0. The van der Waals surface area contributed by atoms with Gasteiger partial charge < -0.3 is 10.6 Å². The fourth-order valence-electron chi connectivity index (χ4n) is 2.97. The summed E-state index contributed by atoms with van der Waals surface area (Å²) in [7, 11) is 0. The van der Waals surface area contributed by atoms with Crippen LogP contribution in [0, 0.1) is 5.92 Å². The highest BCUT2D eigenvalue weighted by Gasteiger charge is 2.32. The molecule has 3 heteroatoms. The molecule has 3 rings (SSSR count). The molecule has 1 aromatic carbocycles. The van der Waals surface area contributed by atoms with Crippen LogP contribution in [-0.4, -0.2) is 19.0 Å². The third kappa shape index (κ3) is 2.07. The Morgan fingerprint density at radius 1 is 1.29 bits per heavy atom. The van der Waals surface area contributed by atoms with Crippen molar-refractivity contribution in [3.05, 3.63) is 29.8 Å². The van der Waals surface area contributed by atoms with Crippen molar-refractivity contribution < 1.29 is 4.79 Å². The van der Waals surface area contributed by atoms with E-state index < -0.39 is 0 Å². The van der Waals surface area contributed by atoms with Gasteiger partial charge in [-0.1, -0.05) is 18.2 Å². The van der Waals surface area contributed by atoms with Gasteiger partial charge in [-0.3, -0.25) is 4.79 Å². The summed E-state index contributed by atoms with van der Waals surface area (Å²) in [6, 6.07) is 8.06. The lowest BCUT2D eigenvalue weighted by Crippen LogP contribution is -2.31. The molecule has 0 spiro atoms. The third-order valence-electron chi connectivity index (χ3n) is 3.88. The van der Waals surface area contributed by atoms with Crippen LogP contribution in [0.4, 0.5) is 5.69 Å². The first kappa shape index (κ1) is 10.8. The van der Waals surface area contributed by atoms with Gasteiger partial charge in [0.15, 0.2) is 0 Å². The minimum absolute atomic E-state index is 0.0658. The van der Waals surface area contributed by atoms with Crippen LogP contribution >= 0.6 is 0 Å². The highest BCUT2D eigenvalue weighted by Crippen LogP contribution is 2.37. The molecule has 2 N–H and O–H groups in total. The molecule has 0 saturated carbocycles. The zero-order valence-corrected chi connectivity index (χ0v) is 9.91. The second-order valence-corrected chi connectivity index (χ2v) is 5.08. The highest BCUT2D eigenvalue weighted by molar-refractivity contribution is 6.02. The number of hydrogen-bond donors (Lipinski definition) is 2. The fourth-order valence-corrected chi connectivity index (χ4v) is 2.97. The molecule has 0 unspecified atom stereocenters. The van der Waals surface area contributed by atoms with Crippen LogP contribution in [0.2, 0.25) is 0 Å². The van der Waals surface area contributed by atoms with E-state index in [1.54, 1.807) is 0 Å². The van der Waals surface area contributed by atoms with Gasteiger partial charge in [-0.2, -0.15) is 0 Å². The molecule has 1 amide bonds. The van der Waals surface area contributed by atoms with E-state index in [0.29, 0.717) is 5.92 Å². The largest absolute Gasteiger partial charge is 0.325 e. The van der Waals surface area contributed by atoms with Gasteiger partial charge in [0.05, 0.1) is 5.92 Å². The number of benzene rings is 1. The van der Waals surface area contributed by atoms with E-state index in [9.17, 15) is 4.79 Å². The Morgan fingerprint density at radius 3 is 3.00 bits per heavy atom. The van der Waals surface area contributed by atoms with Crippen molar-refractivity contribution in [3.63, 3.8) is 0 Å². The van der Waals surface area contributed by atoms with Gasteiger partial charge in [0.2, 0.25) is 5.91 Å². The molecule has 2 aliphatic rings. The third-order valence-corrected chi connectivity index (χ3v) is 3.88. The standard InChI is InChI=1S/C14H18N2O/c17-14-12(8-10-4-3-7-15-9-10)11-5-1-2-6-13(11)16-14/h1-2,5-6,10,12,15H,3-4,7-9H2,(H,16,17)/t10-,12+/m1/s1. The highest BCUT2D eigenvalue weighted by atomic mass is 16.2. The number of piperidine rings is 1. The Kier molecular flexibility index (Phi) is 2.85. The zero-order chi connectivity index (χ0) is 11.7. The van der Waals surface area contributed by atoms with E-state index in [1.165, 1.54) is 18.4 Å². The lowest BCUT2D eigenvalue weighted by Gasteiger charge is -2.24. The molecule has 90 valence electrons. The number of anilines is 1. The Balaban J connectivity index is 1.76. The number of fused-ring (bicyclic) bond motifs is 1. The van der Waals surface area contributed by atoms with Crippen molar-refractivity contribution in [1.29, 1.82) is 0 Å². The van der Waals surface area contributed by atoms with E-state index in [4.69, 9.17) is 0 Å². The van der Waals surface area contributed by atoms with Crippen LogP contribution in [0.25, 0.3) is 0 Å².